The molecule has 6 heteroatoms. The molecule has 0 aliphatic carbocycles. The minimum Gasteiger partial charge on any atom is -0.381 e. The summed E-state index contributed by atoms with van der Waals surface area (Å²) in [5.74, 6) is -0.866. The van der Waals surface area contributed by atoms with Crippen LogP contribution in [0.25, 0.3) is 0 Å². The lowest BCUT2D eigenvalue weighted by molar-refractivity contribution is -0.137. The van der Waals surface area contributed by atoms with Crippen molar-refractivity contribution in [1.82, 2.24) is 0 Å². The summed E-state index contributed by atoms with van der Waals surface area (Å²) in [6, 6.07) is 6.00. The van der Waals surface area contributed by atoms with E-state index in [9.17, 15) is 9.18 Å². The minimum absolute atomic E-state index is 0.147. The average Bonchev–Trinajstić information content (AvgIpc) is 2.49. The molecule has 1 aromatic rings. The number of nitrogens with one attached hydrogen (secondary N) is 1. The summed E-state index contributed by atoms with van der Waals surface area (Å²) in [5, 5.41) is 2.48. The van der Waals surface area contributed by atoms with Crippen LogP contribution < -0.4 is 11.1 Å². The van der Waals surface area contributed by atoms with Crippen LogP contribution in [-0.4, -0.2) is 37.9 Å². The highest BCUT2D eigenvalue weighted by Gasteiger charge is 2.32. The van der Waals surface area contributed by atoms with Gasteiger partial charge in [-0.15, -0.1) is 0 Å². The number of carbonyl (C=O) groups is 1. The molecule has 0 aromatic heterocycles. The molecule has 1 aromatic carbocycles. The molecule has 0 unspecified atom stereocenters. The Morgan fingerprint density at radius 3 is 2.75 bits per heavy atom. The van der Waals surface area contributed by atoms with Crippen LogP contribution in [-0.2, 0) is 14.3 Å². The number of nitrogens with two attached hydrogens (primary N) is 1. The van der Waals surface area contributed by atoms with E-state index < -0.39 is 17.3 Å². The lowest BCUT2D eigenvalue weighted by atomic mass is 9.94. The van der Waals surface area contributed by atoms with Crippen LogP contribution in [0.2, 0.25) is 0 Å². The Morgan fingerprint density at radius 1 is 1.40 bits per heavy atom. The minimum atomic E-state index is -0.509. The number of amides is 1. The summed E-state index contributed by atoms with van der Waals surface area (Å²) in [6.45, 7) is 1.34. The summed E-state index contributed by atoms with van der Waals surface area (Å²) in [6.07, 6.45) is 1.33. The topological polar surface area (TPSA) is 73.6 Å². The molecule has 0 bridgehead atoms. The van der Waals surface area contributed by atoms with E-state index in [4.69, 9.17) is 15.2 Å². The van der Waals surface area contributed by atoms with Crippen molar-refractivity contribution in [3.8, 4) is 0 Å². The van der Waals surface area contributed by atoms with Gasteiger partial charge in [0.1, 0.15) is 12.4 Å². The second-order valence-corrected chi connectivity index (χ2v) is 4.82. The van der Waals surface area contributed by atoms with E-state index in [-0.39, 0.29) is 12.3 Å². The van der Waals surface area contributed by atoms with E-state index in [2.05, 4.69) is 5.32 Å². The highest BCUT2D eigenvalue weighted by atomic mass is 19.1. The van der Waals surface area contributed by atoms with Crippen molar-refractivity contribution in [2.45, 2.75) is 18.4 Å². The summed E-state index contributed by atoms with van der Waals surface area (Å²) in [5.41, 5.74) is 5.37. The molecule has 1 saturated heterocycles. The Hall–Kier alpha value is -1.50. The van der Waals surface area contributed by atoms with Gasteiger partial charge in [-0.25, -0.2) is 4.39 Å². The second kappa shape index (κ2) is 6.78. The molecule has 1 amide bonds. The highest BCUT2D eigenvalue weighted by molar-refractivity contribution is 5.91. The molecular weight excluding hydrogens is 263 g/mol. The zero-order valence-corrected chi connectivity index (χ0v) is 11.2. The van der Waals surface area contributed by atoms with Gasteiger partial charge in [0.15, 0.2) is 0 Å². The van der Waals surface area contributed by atoms with Crippen molar-refractivity contribution in [3.05, 3.63) is 30.1 Å². The van der Waals surface area contributed by atoms with Crippen LogP contribution in [0.15, 0.2) is 24.3 Å². The molecule has 3 N–H and O–H groups in total. The molecule has 1 fully saturated rings. The molecule has 2 rings (SSSR count). The van der Waals surface area contributed by atoms with Crippen LogP contribution in [0, 0.1) is 5.82 Å². The molecule has 1 aliphatic rings. The van der Waals surface area contributed by atoms with Gasteiger partial charge in [0.05, 0.1) is 11.3 Å². The first-order valence-electron chi connectivity index (χ1n) is 6.61. The number of carbonyl (C=O) groups excluding carboxylic acids is 1. The lowest BCUT2D eigenvalue weighted by Gasteiger charge is -2.35. The number of anilines is 1. The van der Waals surface area contributed by atoms with Crippen molar-refractivity contribution in [3.63, 3.8) is 0 Å². The fraction of sp³-hybridized carbons (Fsp3) is 0.500. The van der Waals surface area contributed by atoms with E-state index in [0.717, 1.165) is 0 Å². The maximum absolute atomic E-state index is 13.4. The third-order valence-electron chi connectivity index (χ3n) is 3.43. The predicted molar refractivity (Wildman–Crippen MR) is 72.8 cm³/mol. The van der Waals surface area contributed by atoms with E-state index in [1.54, 1.807) is 12.1 Å². The van der Waals surface area contributed by atoms with Gasteiger partial charge < -0.3 is 20.5 Å². The van der Waals surface area contributed by atoms with E-state index in [1.165, 1.54) is 12.1 Å². The van der Waals surface area contributed by atoms with Crippen molar-refractivity contribution in [2.75, 3.05) is 31.7 Å². The monoisotopic (exact) mass is 282 g/mol. The van der Waals surface area contributed by atoms with Crippen molar-refractivity contribution >= 4 is 11.6 Å². The van der Waals surface area contributed by atoms with Crippen molar-refractivity contribution in [1.29, 1.82) is 0 Å². The van der Waals surface area contributed by atoms with Gasteiger partial charge >= 0.3 is 0 Å². The third kappa shape index (κ3) is 3.75. The molecule has 1 aliphatic heterocycles. The molecule has 0 spiro atoms. The molecule has 0 atom stereocenters. The van der Waals surface area contributed by atoms with E-state index in [0.29, 0.717) is 32.6 Å². The van der Waals surface area contributed by atoms with Crippen LogP contribution in [0.5, 0.6) is 0 Å². The van der Waals surface area contributed by atoms with E-state index >= 15 is 0 Å². The molecule has 0 radical (unpaired) electrons. The Kier molecular flexibility index (Phi) is 5.05. The summed E-state index contributed by atoms with van der Waals surface area (Å²) >= 11 is 0. The zero-order chi connectivity index (χ0) is 14.4. The zero-order valence-electron chi connectivity index (χ0n) is 11.2. The predicted octanol–water partition coefficient (Wildman–Crippen LogP) is 1.29. The quantitative estimate of drug-likeness (QED) is 0.853. The SMILES string of the molecule is NCC1(OCC(=O)Nc2ccccc2F)CCOCC1. The standard InChI is InChI=1S/C14H19FN2O3/c15-11-3-1-2-4-12(11)17-13(18)9-20-14(10-16)5-7-19-8-6-14/h1-4H,5-10,16H2,(H,17,18). The number of para-hydroxylation sites is 1. The molecular formula is C14H19FN2O3. The van der Waals surface area contributed by atoms with Crippen LogP contribution in [0.3, 0.4) is 0 Å². The second-order valence-electron chi connectivity index (χ2n) is 4.82. The molecule has 0 saturated carbocycles. The van der Waals surface area contributed by atoms with Gasteiger partial charge in [0, 0.05) is 32.6 Å². The van der Waals surface area contributed by atoms with E-state index in [1.807, 2.05) is 0 Å². The first kappa shape index (κ1) is 14.9. The van der Waals surface area contributed by atoms with Crippen LogP contribution in [0.4, 0.5) is 10.1 Å². The summed E-state index contributed by atoms with van der Waals surface area (Å²) < 4.78 is 24.3. The van der Waals surface area contributed by atoms with Gasteiger partial charge in [-0.1, -0.05) is 12.1 Å². The summed E-state index contributed by atoms with van der Waals surface area (Å²) in [7, 11) is 0. The number of rotatable bonds is 5. The number of halogens is 1. The van der Waals surface area contributed by atoms with Gasteiger partial charge in [-0.05, 0) is 12.1 Å². The van der Waals surface area contributed by atoms with Crippen LogP contribution in [0.1, 0.15) is 12.8 Å². The fourth-order valence-corrected chi connectivity index (χ4v) is 2.12. The number of benzene rings is 1. The number of hydrogen-bond acceptors (Lipinski definition) is 4. The summed E-state index contributed by atoms with van der Waals surface area (Å²) in [4.78, 5) is 11.8. The van der Waals surface area contributed by atoms with Gasteiger partial charge in [0.2, 0.25) is 5.91 Å². The van der Waals surface area contributed by atoms with Gasteiger partial charge in [-0.2, -0.15) is 0 Å². The Balaban J connectivity index is 1.87. The molecule has 5 nitrogen and oxygen atoms in total. The van der Waals surface area contributed by atoms with Gasteiger partial charge in [-0.3, -0.25) is 4.79 Å². The lowest BCUT2D eigenvalue weighted by Crippen LogP contribution is -2.46. The van der Waals surface area contributed by atoms with Gasteiger partial charge in [0.25, 0.3) is 0 Å². The third-order valence-corrected chi connectivity index (χ3v) is 3.43. The first-order chi connectivity index (χ1) is 9.65. The Labute approximate surface area is 117 Å². The Bertz CT molecular complexity index is 461. The average molecular weight is 282 g/mol. The highest BCUT2D eigenvalue weighted by Crippen LogP contribution is 2.24. The number of hydrogen-bond donors (Lipinski definition) is 2. The maximum atomic E-state index is 13.4. The van der Waals surface area contributed by atoms with Crippen molar-refractivity contribution < 1.29 is 18.7 Å². The number of ether oxygens (including phenoxy) is 2. The Morgan fingerprint density at radius 2 is 2.10 bits per heavy atom. The maximum Gasteiger partial charge on any atom is 0.250 e. The molecule has 110 valence electrons. The van der Waals surface area contributed by atoms with Crippen LogP contribution >= 0.6 is 0 Å². The van der Waals surface area contributed by atoms with Crippen molar-refractivity contribution in [2.24, 2.45) is 5.73 Å². The normalized spacial score (nSPS) is 17.7. The fourth-order valence-electron chi connectivity index (χ4n) is 2.12. The smallest absolute Gasteiger partial charge is 0.250 e. The largest absolute Gasteiger partial charge is 0.381 e. The first-order valence-corrected chi connectivity index (χ1v) is 6.61. The molecule has 1 heterocycles. The molecule has 20 heavy (non-hydrogen) atoms.